The van der Waals surface area contributed by atoms with Crippen molar-refractivity contribution in [3.63, 3.8) is 0 Å². The number of halogens is 1. The average Bonchev–Trinajstić information content (AvgIpc) is 3.03. The lowest BCUT2D eigenvalue weighted by Crippen LogP contribution is -2.51. The molecule has 5 rings (SSSR count). The number of carbonyl (C=O) groups is 1. The molecule has 2 aliphatic rings. The molecule has 0 spiro atoms. The van der Waals surface area contributed by atoms with Crippen molar-refractivity contribution in [2.75, 3.05) is 44.2 Å². The molecule has 0 N–H and O–H groups in total. The van der Waals surface area contributed by atoms with Crippen LogP contribution in [-0.4, -0.2) is 55.0 Å². The van der Waals surface area contributed by atoms with Gasteiger partial charge in [-0.05, 0) is 30.7 Å². The molecular formula is C28H30FN3O2. The Morgan fingerprint density at radius 3 is 2.44 bits per heavy atom. The quantitative estimate of drug-likeness (QED) is 0.579. The highest BCUT2D eigenvalue weighted by Crippen LogP contribution is 2.32. The Hall–Kier alpha value is -3.38. The van der Waals surface area contributed by atoms with Crippen LogP contribution in [0.3, 0.4) is 0 Å². The van der Waals surface area contributed by atoms with Crippen molar-refractivity contribution in [3.05, 3.63) is 95.3 Å². The molecule has 0 bridgehead atoms. The third kappa shape index (κ3) is 4.77. The van der Waals surface area contributed by atoms with Crippen molar-refractivity contribution in [1.82, 2.24) is 9.80 Å². The topological polar surface area (TPSA) is 36.0 Å². The summed E-state index contributed by atoms with van der Waals surface area (Å²) in [6.45, 7) is 6.49. The first-order valence-corrected chi connectivity index (χ1v) is 11.9. The van der Waals surface area contributed by atoms with Gasteiger partial charge < -0.3 is 14.5 Å². The van der Waals surface area contributed by atoms with Gasteiger partial charge in [0.1, 0.15) is 17.7 Å². The van der Waals surface area contributed by atoms with Gasteiger partial charge >= 0.3 is 0 Å². The summed E-state index contributed by atoms with van der Waals surface area (Å²) in [5.74, 6) is 0.569. The summed E-state index contributed by atoms with van der Waals surface area (Å²) in [5.41, 5.74) is 4.02. The third-order valence-electron chi connectivity index (χ3n) is 6.76. The molecule has 2 heterocycles. The summed E-state index contributed by atoms with van der Waals surface area (Å²) in [7, 11) is 0. The average molecular weight is 460 g/mol. The van der Waals surface area contributed by atoms with E-state index in [0.717, 1.165) is 24.4 Å². The van der Waals surface area contributed by atoms with E-state index in [0.29, 0.717) is 31.7 Å². The van der Waals surface area contributed by atoms with E-state index in [2.05, 4.69) is 41.0 Å². The van der Waals surface area contributed by atoms with Crippen LogP contribution in [0.1, 0.15) is 22.8 Å². The lowest BCUT2D eigenvalue weighted by molar-refractivity contribution is -0.133. The van der Waals surface area contributed by atoms with Crippen molar-refractivity contribution in [2.24, 2.45) is 0 Å². The Bertz CT molecular complexity index is 1160. The van der Waals surface area contributed by atoms with Gasteiger partial charge in [-0.15, -0.1) is 0 Å². The van der Waals surface area contributed by atoms with Crippen molar-refractivity contribution in [1.29, 1.82) is 0 Å². The fourth-order valence-electron chi connectivity index (χ4n) is 4.90. The third-order valence-corrected chi connectivity index (χ3v) is 6.76. The van der Waals surface area contributed by atoms with Crippen LogP contribution in [0.4, 0.5) is 10.1 Å². The van der Waals surface area contributed by atoms with Crippen molar-refractivity contribution < 1.29 is 13.9 Å². The normalized spacial score (nSPS) is 18.7. The van der Waals surface area contributed by atoms with E-state index in [1.807, 2.05) is 35.2 Å². The fraction of sp³-hybridized carbons (Fsp3) is 0.321. The highest BCUT2D eigenvalue weighted by Gasteiger charge is 2.29. The smallest absolute Gasteiger partial charge is 0.236 e. The molecule has 0 saturated carbocycles. The molecule has 0 radical (unpaired) electrons. The van der Waals surface area contributed by atoms with Crippen molar-refractivity contribution in [3.8, 4) is 5.75 Å². The van der Waals surface area contributed by atoms with Gasteiger partial charge in [-0.1, -0.05) is 54.6 Å². The number of benzene rings is 3. The summed E-state index contributed by atoms with van der Waals surface area (Å²) in [5, 5.41) is 0. The Morgan fingerprint density at radius 1 is 0.941 bits per heavy atom. The van der Waals surface area contributed by atoms with Gasteiger partial charge in [-0.3, -0.25) is 9.69 Å². The van der Waals surface area contributed by atoms with Crippen LogP contribution in [0.2, 0.25) is 0 Å². The van der Waals surface area contributed by atoms with Gasteiger partial charge in [0, 0.05) is 56.1 Å². The van der Waals surface area contributed by atoms with Crippen molar-refractivity contribution in [2.45, 2.75) is 19.6 Å². The van der Waals surface area contributed by atoms with Gasteiger partial charge in [-0.2, -0.15) is 0 Å². The lowest BCUT2D eigenvalue weighted by Gasteiger charge is -2.37. The first kappa shape index (κ1) is 22.4. The van der Waals surface area contributed by atoms with Crippen LogP contribution in [-0.2, 0) is 11.3 Å². The number of rotatable bonds is 4. The second kappa shape index (κ2) is 9.85. The number of aryl methyl sites for hydroxylation is 1. The van der Waals surface area contributed by atoms with E-state index in [9.17, 15) is 9.18 Å². The summed E-state index contributed by atoms with van der Waals surface area (Å²) in [4.78, 5) is 19.6. The van der Waals surface area contributed by atoms with Crippen LogP contribution >= 0.6 is 0 Å². The molecule has 1 amide bonds. The van der Waals surface area contributed by atoms with Gasteiger partial charge in [0.05, 0.1) is 6.54 Å². The molecule has 0 aliphatic carbocycles. The number of piperazine rings is 1. The van der Waals surface area contributed by atoms with Crippen molar-refractivity contribution >= 4 is 11.6 Å². The number of nitrogens with zero attached hydrogens (tertiary/aromatic N) is 3. The molecular weight excluding hydrogens is 429 g/mol. The fourth-order valence-corrected chi connectivity index (χ4v) is 4.90. The number of amides is 1. The number of anilines is 1. The predicted molar refractivity (Wildman–Crippen MR) is 131 cm³/mol. The zero-order chi connectivity index (χ0) is 23.5. The summed E-state index contributed by atoms with van der Waals surface area (Å²) < 4.78 is 20.8. The minimum absolute atomic E-state index is 0.107. The minimum Gasteiger partial charge on any atom is -0.484 e. The van der Waals surface area contributed by atoms with E-state index in [-0.39, 0.29) is 18.3 Å². The molecule has 3 aromatic rings. The zero-order valence-electron chi connectivity index (χ0n) is 19.5. The Morgan fingerprint density at radius 2 is 1.65 bits per heavy atom. The molecule has 1 unspecified atom stereocenters. The monoisotopic (exact) mass is 459 g/mol. The lowest BCUT2D eigenvalue weighted by atomic mass is 10.1. The van der Waals surface area contributed by atoms with Gasteiger partial charge in [-0.25, -0.2) is 4.39 Å². The standard InChI is InChI=1S/C28H30FN3O2/c1-21-8-2-6-12-25(21)31-14-16-32(17-15-31)28(33)20-30-18-22-9-3-7-13-26(22)34-27(19-30)23-10-4-5-11-24(23)29/h2-13,27H,14-20H2,1H3. The number of hydrogen-bond acceptors (Lipinski definition) is 4. The van der Waals surface area contributed by atoms with Crippen LogP contribution in [0.25, 0.3) is 0 Å². The number of para-hydroxylation sites is 2. The van der Waals surface area contributed by atoms with Crippen LogP contribution in [0.15, 0.2) is 72.8 Å². The van der Waals surface area contributed by atoms with Crippen LogP contribution in [0, 0.1) is 12.7 Å². The second-order valence-corrected chi connectivity index (χ2v) is 9.06. The van der Waals surface area contributed by atoms with E-state index >= 15 is 0 Å². The molecule has 34 heavy (non-hydrogen) atoms. The molecule has 1 fully saturated rings. The van der Waals surface area contributed by atoms with Crippen LogP contribution < -0.4 is 9.64 Å². The van der Waals surface area contributed by atoms with E-state index in [4.69, 9.17) is 4.74 Å². The Kier molecular flexibility index (Phi) is 6.50. The molecule has 2 aliphatic heterocycles. The Balaban J connectivity index is 1.28. The molecule has 0 aromatic heterocycles. The maximum absolute atomic E-state index is 14.6. The number of carbonyl (C=O) groups excluding carboxylic acids is 1. The van der Waals surface area contributed by atoms with Gasteiger partial charge in [0.2, 0.25) is 5.91 Å². The molecule has 176 valence electrons. The first-order valence-electron chi connectivity index (χ1n) is 11.9. The highest BCUT2D eigenvalue weighted by atomic mass is 19.1. The summed E-state index contributed by atoms with van der Waals surface area (Å²) in [6, 6.07) is 22.9. The maximum atomic E-state index is 14.6. The largest absolute Gasteiger partial charge is 0.484 e. The molecule has 5 nitrogen and oxygen atoms in total. The number of ether oxygens (including phenoxy) is 1. The molecule has 3 aromatic carbocycles. The maximum Gasteiger partial charge on any atom is 0.236 e. The zero-order valence-corrected chi connectivity index (χ0v) is 19.5. The predicted octanol–water partition coefficient (Wildman–Crippen LogP) is 4.42. The highest BCUT2D eigenvalue weighted by molar-refractivity contribution is 5.78. The minimum atomic E-state index is -0.476. The Labute approximate surface area is 200 Å². The molecule has 6 heteroatoms. The van der Waals surface area contributed by atoms with Gasteiger partial charge in [0.15, 0.2) is 0 Å². The molecule has 1 saturated heterocycles. The van der Waals surface area contributed by atoms with E-state index in [1.54, 1.807) is 12.1 Å². The first-order chi connectivity index (χ1) is 16.6. The summed E-state index contributed by atoms with van der Waals surface area (Å²) in [6.07, 6.45) is -0.476. The molecule has 1 atom stereocenters. The van der Waals surface area contributed by atoms with Gasteiger partial charge in [0.25, 0.3) is 0 Å². The number of fused-ring (bicyclic) bond motifs is 1. The van der Waals surface area contributed by atoms with E-state index in [1.165, 1.54) is 17.3 Å². The number of hydrogen-bond donors (Lipinski definition) is 0. The summed E-state index contributed by atoms with van der Waals surface area (Å²) >= 11 is 0. The van der Waals surface area contributed by atoms with E-state index < -0.39 is 6.10 Å². The van der Waals surface area contributed by atoms with Crippen LogP contribution in [0.5, 0.6) is 5.75 Å². The second-order valence-electron chi connectivity index (χ2n) is 9.06. The SMILES string of the molecule is Cc1ccccc1N1CCN(C(=O)CN2Cc3ccccc3OC(c3ccccc3F)C2)CC1.